The zero-order valence-corrected chi connectivity index (χ0v) is 26.1. The molecule has 7 aromatic carbocycles. The maximum absolute atomic E-state index is 2.53. The average molecular weight is 603 g/mol. The lowest BCUT2D eigenvalue weighted by atomic mass is 9.67. The molecule has 0 bridgehead atoms. The monoisotopic (exact) mass is 602 g/mol. The van der Waals surface area contributed by atoms with Crippen LogP contribution in [0, 0.1) is 0 Å². The normalized spacial score (nSPS) is 18.7. The topological polar surface area (TPSA) is 0 Å². The molecule has 2 unspecified atom stereocenters. The summed E-state index contributed by atoms with van der Waals surface area (Å²) in [4.78, 5) is 2.75. The fraction of sp³-hybridized carbons (Fsp3) is 0.0667. The Morgan fingerprint density at radius 2 is 1.22 bits per heavy atom. The summed E-state index contributed by atoms with van der Waals surface area (Å²) in [7, 11) is 0. The van der Waals surface area contributed by atoms with Crippen molar-refractivity contribution in [3.05, 3.63) is 203 Å². The van der Waals surface area contributed by atoms with Crippen LogP contribution in [0.5, 0.6) is 0 Å². The Hall–Kier alpha value is -5.11. The molecule has 2 atom stereocenters. The molecule has 46 heavy (non-hydrogen) atoms. The lowest BCUT2D eigenvalue weighted by Crippen LogP contribution is -2.28. The van der Waals surface area contributed by atoms with Gasteiger partial charge in [-0.2, -0.15) is 0 Å². The van der Waals surface area contributed by atoms with E-state index in [0.29, 0.717) is 5.92 Å². The second-order valence-electron chi connectivity index (χ2n) is 12.8. The third-order valence-corrected chi connectivity index (χ3v) is 11.6. The van der Waals surface area contributed by atoms with Crippen LogP contribution in [0.4, 0.5) is 0 Å². The number of hydrogen-bond donors (Lipinski definition) is 0. The third kappa shape index (κ3) is 3.58. The van der Waals surface area contributed by atoms with E-state index in [2.05, 4.69) is 164 Å². The summed E-state index contributed by atoms with van der Waals surface area (Å²) in [5.41, 5.74) is 14.7. The van der Waals surface area contributed by atoms with Gasteiger partial charge in [-0.25, -0.2) is 0 Å². The molecule has 0 aromatic heterocycles. The van der Waals surface area contributed by atoms with Gasteiger partial charge in [-0.3, -0.25) is 0 Å². The van der Waals surface area contributed by atoms with Gasteiger partial charge in [0.25, 0.3) is 0 Å². The Morgan fingerprint density at radius 1 is 0.500 bits per heavy atom. The molecular formula is C45H30S. The maximum atomic E-state index is 2.53. The zero-order chi connectivity index (χ0) is 30.2. The molecule has 1 heteroatoms. The first-order valence-electron chi connectivity index (χ1n) is 16.2. The molecule has 216 valence electrons. The second-order valence-corrected chi connectivity index (χ2v) is 13.9. The van der Waals surface area contributed by atoms with Crippen LogP contribution in [-0.4, -0.2) is 0 Å². The van der Waals surface area contributed by atoms with Crippen LogP contribution in [0.2, 0.25) is 0 Å². The van der Waals surface area contributed by atoms with Gasteiger partial charge in [-0.15, -0.1) is 0 Å². The highest BCUT2D eigenvalue weighted by Crippen LogP contribution is 2.58. The second kappa shape index (κ2) is 9.94. The summed E-state index contributed by atoms with van der Waals surface area (Å²) < 4.78 is 0. The van der Waals surface area contributed by atoms with E-state index >= 15 is 0 Å². The first kappa shape index (κ1) is 26.1. The number of fused-ring (bicyclic) bond motifs is 7. The minimum Gasteiger partial charge on any atom is -0.0891 e. The summed E-state index contributed by atoms with van der Waals surface area (Å²) in [6.45, 7) is 0. The van der Waals surface area contributed by atoms with Crippen molar-refractivity contribution in [1.82, 2.24) is 0 Å². The van der Waals surface area contributed by atoms with Crippen molar-refractivity contribution in [2.45, 2.75) is 22.6 Å². The minimum absolute atomic E-state index is 0.337. The number of rotatable bonds is 3. The molecule has 0 nitrogen and oxygen atoms in total. The summed E-state index contributed by atoms with van der Waals surface area (Å²) in [5.74, 6) is 0.337. The number of allylic oxidation sites excluding steroid dienone is 1. The smallest absolute Gasteiger partial charge is 0.0713 e. The summed E-state index contributed by atoms with van der Waals surface area (Å²) >= 11 is 1.93. The van der Waals surface area contributed by atoms with E-state index in [1.807, 2.05) is 11.8 Å². The molecule has 0 fully saturated rings. The molecular weight excluding hydrogens is 573 g/mol. The molecule has 0 radical (unpaired) electrons. The summed E-state index contributed by atoms with van der Waals surface area (Å²) in [5, 5.41) is 2.60. The van der Waals surface area contributed by atoms with Gasteiger partial charge in [0.15, 0.2) is 0 Å². The highest BCUT2D eigenvalue weighted by atomic mass is 32.2. The summed E-state index contributed by atoms with van der Waals surface area (Å²) in [6, 6.07) is 59.1. The van der Waals surface area contributed by atoms with E-state index in [1.54, 1.807) is 0 Å². The van der Waals surface area contributed by atoms with Crippen molar-refractivity contribution >= 4 is 27.4 Å². The first-order chi connectivity index (χ1) is 22.8. The quantitative estimate of drug-likeness (QED) is 0.194. The lowest BCUT2D eigenvalue weighted by Gasteiger charge is -2.34. The maximum Gasteiger partial charge on any atom is 0.0713 e. The van der Waals surface area contributed by atoms with Crippen LogP contribution in [0.15, 0.2) is 169 Å². The molecule has 3 aliphatic rings. The molecule has 1 heterocycles. The average Bonchev–Trinajstić information content (AvgIpc) is 3.44. The predicted octanol–water partition coefficient (Wildman–Crippen LogP) is 11.7. The third-order valence-electron chi connectivity index (χ3n) is 10.5. The van der Waals surface area contributed by atoms with Crippen molar-refractivity contribution in [1.29, 1.82) is 0 Å². The van der Waals surface area contributed by atoms with Gasteiger partial charge in [-0.1, -0.05) is 169 Å². The van der Waals surface area contributed by atoms with Gasteiger partial charge in [0, 0.05) is 15.7 Å². The van der Waals surface area contributed by atoms with Gasteiger partial charge in [0.1, 0.15) is 0 Å². The zero-order valence-electron chi connectivity index (χ0n) is 25.3. The Morgan fingerprint density at radius 3 is 2.11 bits per heavy atom. The molecule has 0 saturated heterocycles. The van der Waals surface area contributed by atoms with Crippen LogP contribution in [-0.2, 0) is 11.8 Å². The largest absolute Gasteiger partial charge is 0.0891 e. The fourth-order valence-electron chi connectivity index (χ4n) is 8.55. The molecule has 0 spiro atoms. The van der Waals surface area contributed by atoms with Gasteiger partial charge in [-0.05, 0) is 84.5 Å². The van der Waals surface area contributed by atoms with Crippen molar-refractivity contribution in [3.63, 3.8) is 0 Å². The number of thioether (sulfide) groups is 1. The predicted molar refractivity (Wildman–Crippen MR) is 193 cm³/mol. The van der Waals surface area contributed by atoms with E-state index in [-0.39, 0.29) is 0 Å². The van der Waals surface area contributed by atoms with Crippen LogP contribution in [0.25, 0.3) is 37.9 Å². The standard InChI is InChI=1S/C45H30S/c1-2-13-33(14-3-1)45(39-19-8-6-17-38(39)44-35-15-5-4-11-30(35)23-26-40(44)45)34-24-21-29(22-25-34)32-27-31-12-10-18-37-36-16-7-9-20-41(36)46-42(28-32)43(31)37/h1-26,28,32H,27H2. The SMILES string of the molecule is C1=C2Sc3ccccc3-c3cccc(c32)CC1c1ccc(C2(c3ccccc3)c3ccccc3-c3c2ccc2ccccc32)cc1. The van der Waals surface area contributed by atoms with E-state index in [4.69, 9.17) is 0 Å². The van der Waals surface area contributed by atoms with Crippen LogP contribution < -0.4 is 0 Å². The van der Waals surface area contributed by atoms with Crippen LogP contribution in [0.3, 0.4) is 0 Å². The van der Waals surface area contributed by atoms with E-state index in [9.17, 15) is 0 Å². The van der Waals surface area contributed by atoms with Crippen LogP contribution in [0.1, 0.15) is 44.9 Å². The molecule has 2 aliphatic carbocycles. The molecule has 0 N–H and O–H groups in total. The molecule has 0 amide bonds. The Bertz CT molecular complexity index is 2360. The van der Waals surface area contributed by atoms with E-state index < -0.39 is 5.41 Å². The molecule has 10 rings (SSSR count). The molecule has 1 aliphatic heterocycles. The highest BCUT2D eigenvalue weighted by Gasteiger charge is 2.46. The van der Waals surface area contributed by atoms with Crippen molar-refractivity contribution in [2.75, 3.05) is 0 Å². The lowest BCUT2D eigenvalue weighted by molar-refractivity contribution is 0.764. The van der Waals surface area contributed by atoms with Gasteiger partial charge in [0.05, 0.1) is 5.41 Å². The fourth-order valence-corrected chi connectivity index (χ4v) is 9.79. The van der Waals surface area contributed by atoms with Crippen LogP contribution >= 0.6 is 11.8 Å². The number of hydrogen-bond acceptors (Lipinski definition) is 1. The Kier molecular flexibility index (Phi) is 5.65. The highest BCUT2D eigenvalue weighted by molar-refractivity contribution is 8.08. The Labute approximate surface area is 274 Å². The molecule has 0 saturated carbocycles. The minimum atomic E-state index is -0.398. The van der Waals surface area contributed by atoms with E-state index in [1.165, 1.54) is 81.8 Å². The Balaban J connectivity index is 1.14. The van der Waals surface area contributed by atoms with Gasteiger partial charge < -0.3 is 0 Å². The van der Waals surface area contributed by atoms with Crippen molar-refractivity contribution in [3.8, 4) is 22.3 Å². The first-order valence-corrected chi connectivity index (χ1v) is 17.0. The van der Waals surface area contributed by atoms with Crippen molar-refractivity contribution in [2.24, 2.45) is 0 Å². The van der Waals surface area contributed by atoms with E-state index in [0.717, 1.165) is 6.42 Å². The molecule has 7 aromatic rings. The number of benzene rings is 7. The summed E-state index contributed by atoms with van der Waals surface area (Å²) in [6.07, 6.45) is 3.55. The van der Waals surface area contributed by atoms with Gasteiger partial charge >= 0.3 is 0 Å². The van der Waals surface area contributed by atoms with Crippen molar-refractivity contribution < 1.29 is 0 Å². The van der Waals surface area contributed by atoms with Gasteiger partial charge in [0.2, 0.25) is 0 Å².